The van der Waals surface area contributed by atoms with Crippen molar-refractivity contribution >= 4 is 33.7 Å². The zero-order chi connectivity index (χ0) is 17.1. The number of amides is 1. The van der Waals surface area contributed by atoms with Crippen molar-refractivity contribution < 1.29 is 4.79 Å². The maximum Gasteiger partial charge on any atom is 0.230 e. The van der Waals surface area contributed by atoms with Crippen molar-refractivity contribution in [2.45, 2.75) is 33.1 Å². The van der Waals surface area contributed by atoms with Gasteiger partial charge in [0.1, 0.15) is 0 Å². The summed E-state index contributed by atoms with van der Waals surface area (Å²) in [6.07, 6.45) is 2.04. The number of carbonyl (C=O) groups excluding carboxylic acids is 1. The fourth-order valence-electron chi connectivity index (χ4n) is 2.79. The van der Waals surface area contributed by atoms with Crippen LogP contribution in [0.3, 0.4) is 0 Å². The Labute approximate surface area is 149 Å². The van der Waals surface area contributed by atoms with Gasteiger partial charge in [0.2, 0.25) is 5.91 Å². The van der Waals surface area contributed by atoms with Crippen molar-refractivity contribution in [3.63, 3.8) is 0 Å². The molecule has 0 aromatic carbocycles. The molecule has 7 heteroatoms. The van der Waals surface area contributed by atoms with Gasteiger partial charge in [-0.05, 0) is 24.3 Å². The van der Waals surface area contributed by atoms with Gasteiger partial charge in [-0.3, -0.25) is 9.48 Å². The highest BCUT2D eigenvalue weighted by molar-refractivity contribution is 7.16. The zero-order valence-corrected chi connectivity index (χ0v) is 15.6. The number of nitrogens with zero attached hydrogens (tertiary/aromatic N) is 3. The third-order valence-corrected chi connectivity index (χ3v) is 5.54. The molecule has 3 heterocycles. The standard InChI is InChI=1S/C17H20N4OS2/c1-4-12-11(14(5-2)21(3)20-12)9-16(22)19-17-18-13(10-24-17)15-7-6-8-23-15/h6-8,10H,4-5,9H2,1-3H3,(H,18,19,22). The Morgan fingerprint density at radius 3 is 2.79 bits per heavy atom. The lowest BCUT2D eigenvalue weighted by Gasteiger charge is -2.05. The number of aryl methyl sites for hydroxylation is 2. The van der Waals surface area contributed by atoms with Crippen molar-refractivity contribution in [1.29, 1.82) is 0 Å². The Hall–Kier alpha value is -1.99. The Kier molecular flexibility index (Phi) is 5.11. The summed E-state index contributed by atoms with van der Waals surface area (Å²) in [5.41, 5.74) is 4.09. The summed E-state index contributed by atoms with van der Waals surface area (Å²) in [5, 5.41) is 12.1. The molecule has 126 valence electrons. The Balaban J connectivity index is 1.72. The number of thiophene rings is 1. The second kappa shape index (κ2) is 7.27. The zero-order valence-electron chi connectivity index (χ0n) is 14.0. The number of rotatable bonds is 6. The molecule has 3 rings (SSSR count). The maximum atomic E-state index is 12.4. The monoisotopic (exact) mass is 360 g/mol. The van der Waals surface area contributed by atoms with Crippen LogP contribution in [-0.2, 0) is 31.1 Å². The summed E-state index contributed by atoms with van der Waals surface area (Å²) >= 11 is 3.10. The summed E-state index contributed by atoms with van der Waals surface area (Å²) in [7, 11) is 1.94. The van der Waals surface area contributed by atoms with Gasteiger partial charge in [-0.25, -0.2) is 4.98 Å². The van der Waals surface area contributed by atoms with E-state index in [9.17, 15) is 4.79 Å². The van der Waals surface area contributed by atoms with Crippen LogP contribution in [0.1, 0.15) is 30.8 Å². The first-order chi connectivity index (χ1) is 11.6. The van der Waals surface area contributed by atoms with Gasteiger partial charge < -0.3 is 5.32 Å². The van der Waals surface area contributed by atoms with E-state index in [0.717, 1.165) is 40.4 Å². The summed E-state index contributed by atoms with van der Waals surface area (Å²) in [6.45, 7) is 4.16. The van der Waals surface area contributed by atoms with Crippen LogP contribution in [0.5, 0.6) is 0 Å². The minimum absolute atomic E-state index is 0.0421. The summed E-state index contributed by atoms with van der Waals surface area (Å²) in [4.78, 5) is 18.1. The fourth-order valence-corrected chi connectivity index (χ4v) is 4.27. The van der Waals surface area contributed by atoms with Crippen LogP contribution in [0.15, 0.2) is 22.9 Å². The van der Waals surface area contributed by atoms with Crippen molar-refractivity contribution in [3.8, 4) is 10.6 Å². The third kappa shape index (κ3) is 3.42. The molecule has 3 aromatic heterocycles. The average molecular weight is 361 g/mol. The molecule has 0 aliphatic carbocycles. The van der Waals surface area contributed by atoms with Crippen LogP contribution in [-0.4, -0.2) is 20.7 Å². The number of anilines is 1. The fraction of sp³-hybridized carbons (Fsp3) is 0.353. The van der Waals surface area contributed by atoms with E-state index in [1.807, 2.05) is 34.6 Å². The number of carbonyl (C=O) groups is 1. The van der Waals surface area contributed by atoms with Crippen molar-refractivity contribution in [2.24, 2.45) is 7.05 Å². The van der Waals surface area contributed by atoms with Crippen LogP contribution >= 0.6 is 22.7 Å². The molecule has 24 heavy (non-hydrogen) atoms. The summed E-state index contributed by atoms with van der Waals surface area (Å²) in [6, 6.07) is 4.03. The second-order valence-electron chi connectivity index (χ2n) is 5.44. The van der Waals surface area contributed by atoms with Gasteiger partial charge in [-0.15, -0.1) is 22.7 Å². The van der Waals surface area contributed by atoms with Crippen molar-refractivity contribution in [1.82, 2.24) is 14.8 Å². The Bertz CT molecular complexity index is 833. The topological polar surface area (TPSA) is 59.8 Å². The van der Waals surface area contributed by atoms with Crippen molar-refractivity contribution in [3.05, 3.63) is 39.8 Å². The molecule has 0 unspecified atom stereocenters. The minimum Gasteiger partial charge on any atom is -0.302 e. The second-order valence-corrected chi connectivity index (χ2v) is 7.25. The molecule has 0 saturated carbocycles. The number of nitrogens with one attached hydrogen (secondary N) is 1. The van der Waals surface area contributed by atoms with Crippen molar-refractivity contribution in [2.75, 3.05) is 5.32 Å². The van der Waals surface area contributed by atoms with E-state index in [2.05, 4.69) is 29.2 Å². The molecule has 0 radical (unpaired) electrons. The molecule has 0 spiro atoms. The maximum absolute atomic E-state index is 12.4. The molecule has 1 amide bonds. The van der Waals surface area contributed by atoms with E-state index < -0.39 is 0 Å². The Morgan fingerprint density at radius 2 is 2.12 bits per heavy atom. The molecule has 0 saturated heterocycles. The molecule has 3 aromatic rings. The summed E-state index contributed by atoms with van der Waals surface area (Å²) < 4.78 is 1.89. The molecule has 0 fully saturated rings. The van der Waals surface area contributed by atoms with Gasteiger partial charge in [0.25, 0.3) is 0 Å². The van der Waals surface area contributed by atoms with E-state index in [4.69, 9.17) is 0 Å². The van der Waals surface area contributed by atoms with Crippen LogP contribution in [0.4, 0.5) is 5.13 Å². The van der Waals surface area contributed by atoms with Gasteiger partial charge in [0.15, 0.2) is 5.13 Å². The molecule has 0 atom stereocenters. The molecule has 0 aliphatic heterocycles. The SMILES string of the molecule is CCc1nn(C)c(CC)c1CC(=O)Nc1nc(-c2cccs2)cs1. The normalized spacial score (nSPS) is 11.0. The highest BCUT2D eigenvalue weighted by atomic mass is 32.1. The third-order valence-electron chi connectivity index (χ3n) is 3.89. The van der Waals surface area contributed by atoms with Gasteiger partial charge in [0, 0.05) is 23.7 Å². The van der Waals surface area contributed by atoms with E-state index in [1.54, 1.807) is 11.3 Å². The first kappa shape index (κ1) is 16.9. The number of aromatic nitrogens is 3. The quantitative estimate of drug-likeness (QED) is 0.725. The smallest absolute Gasteiger partial charge is 0.230 e. The average Bonchev–Trinajstić information content (AvgIpc) is 3.27. The largest absolute Gasteiger partial charge is 0.302 e. The lowest BCUT2D eigenvalue weighted by molar-refractivity contribution is -0.115. The Morgan fingerprint density at radius 1 is 1.29 bits per heavy atom. The predicted molar refractivity (Wildman–Crippen MR) is 99.7 cm³/mol. The molecule has 0 bridgehead atoms. The molecule has 0 aliphatic rings. The number of hydrogen-bond donors (Lipinski definition) is 1. The highest BCUT2D eigenvalue weighted by Gasteiger charge is 2.17. The van der Waals surface area contributed by atoms with E-state index >= 15 is 0 Å². The predicted octanol–water partition coefficient (Wildman–Crippen LogP) is 3.91. The lowest BCUT2D eigenvalue weighted by atomic mass is 10.1. The minimum atomic E-state index is -0.0421. The van der Waals surface area contributed by atoms with E-state index in [0.29, 0.717) is 11.6 Å². The number of thiazole rings is 1. The molecular weight excluding hydrogens is 340 g/mol. The molecule has 5 nitrogen and oxygen atoms in total. The first-order valence-corrected chi connectivity index (χ1v) is 9.71. The molecule has 1 N–H and O–H groups in total. The van der Waals surface area contributed by atoms with Crippen LogP contribution in [0.2, 0.25) is 0 Å². The van der Waals surface area contributed by atoms with E-state index in [-0.39, 0.29) is 5.91 Å². The van der Waals surface area contributed by atoms with E-state index in [1.165, 1.54) is 11.3 Å². The van der Waals surface area contributed by atoms with Crippen LogP contribution < -0.4 is 5.32 Å². The van der Waals surface area contributed by atoms with Gasteiger partial charge >= 0.3 is 0 Å². The van der Waals surface area contributed by atoms with Gasteiger partial charge in [0.05, 0.1) is 22.7 Å². The van der Waals surface area contributed by atoms with Gasteiger partial charge in [-0.1, -0.05) is 19.9 Å². The number of hydrogen-bond acceptors (Lipinski definition) is 5. The molecular formula is C17H20N4OS2. The van der Waals surface area contributed by atoms with Crippen LogP contribution in [0, 0.1) is 0 Å². The first-order valence-electron chi connectivity index (χ1n) is 7.95. The van der Waals surface area contributed by atoms with Crippen LogP contribution in [0.25, 0.3) is 10.6 Å². The lowest BCUT2D eigenvalue weighted by Crippen LogP contribution is -2.16. The summed E-state index contributed by atoms with van der Waals surface area (Å²) in [5.74, 6) is -0.0421. The van der Waals surface area contributed by atoms with Gasteiger partial charge in [-0.2, -0.15) is 5.10 Å². The highest BCUT2D eigenvalue weighted by Crippen LogP contribution is 2.28.